The molecule has 0 N–H and O–H groups in total. The molecule has 2 aromatic rings. The molecule has 0 fully saturated rings. The van der Waals surface area contributed by atoms with Crippen molar-refractivity contribution in [1.82, 2.24) is 9.55 Å². The molecule has 2 rings (SSSR count). The molecule has 0 amide bonds. The van der Waals surface area contributed by atoms with Crippen molar-refractivity contribution in [3.05, 3.63) is 29.8 Å². The lowest BCUT2D eigenvalue weighted by molar-refractivity contribution is 0.344. The van der Waals surface area contributed by atoms with E-state index < -0.39 is 0 Å². The predicted molar refractivity (Wildman–Crippen MR) is 68.7 cm³/mol. The van der Waals surface area contributed by atoms with Crippen LogP contribution >= 0.6 is 11.6 Å². The molecule has 4 heteroatoms. The Morgan fingerprint density at radius 2 is 2.06 bits per heavy atom. The number of hydrogen-bond donors (Lipinski definition) is 0. The lowest BCUT2D eigenvalue weighted by Gasteiger charge is -2.20. The summed E-state index contributed by atoms with van der Waals surface area (Å²) in [5.74, 6) is 0.869. The molecular formula is C13H16ClFN2. The third-order valence-corrected chi connectivity index (χ3v) is 2.78. The maximum Gasteiger partial charge on any atom is 0.125 e. The highest BCUT2D eigenvalue weighted by Crippen LogP contribution is 2.24. The zero-order valence-corrected chi connectivity index (χ0v) is 11.1. The molecule has 0 atom stereocenters. The average molecular weight is 255 g/mol. The number of hydrogen-bond acceptors (Lipinski definition) is 1. The molecule has 17 heavy (non-hydrogen) atoms. The van der Waals surface area contributed by atoms with Crippen molar-refractivity contribution in [2.45, 2.75) is 33.2 Å². The number of fused-ring (bicyclic) bond motifs is 1. The lowest BCUT2D eigenvalue weighted by Crippen LogP contribution is -2.17. The monoisotopic (exact) mass is 254 g/mol. The van der Waals surface area contributed by atoms with Crippen LogP contribution in [0.1, 0.15) is 26.6 Å². The molecule has 0 saturated carbocycles. The highest BCUT2D eigenvalue weighted by atomic mass is 35.5. The van der Waals surface area contributed by atoms with Crippen LogP contribution in [0.4, 0.5) is 4.39 Å². The summed E-state index contributed by atoms with van der Waals surface area (Å²) in [6, 6.07) is 4.67. The van der Waals surface area contributed by atoms with Crippen LogP contribution in [0.25, 0.3) is 11.0 Å². The van der Waals surface area contributed by atoms with E-state index in [0.717, 1.165) is 17.9 Å². The maximum absolute atomic E-state index is 13.1. The highest BCUT2D eigenvalue weighted by molar-refractivity contribution is 6.16. The molecule has 0 saturated heterocycles. The minimum Gasteiger partial charge on any atom is -0.326 e. The number of imidazole rings is 1. The van der Waals surface area contributed by atoms with Crippen LogP contribution in [-0.4, -0.2) is 9.55 Å². The largest absolute Gasteiger partial charge is 0.326 e. The minimum absolute atomic E-state index is 0.128. The van der Waals surface area contributed by atoms with Crippen molar-refractivity contribution in [3.8, 4) is 0 Å². The van der Waals surface area contributed by atoms with E-state index in [1.807, 2.05) is 0 Å². The van der Waals surface area contributed by atoms with Gasteiger partial charge in [-0.1, -0.05) is 20.8 Å². The first-order valence-electron chi connectivity index (χ1n) is 5.61. The molecule has 0 unspecified atom stereocenters. The number of aromatic nitrogens is 2. The van der Waals surface area contributed by atoms with E-state index in [1.54, 1.807) is 6.07 Å². The third-order valence-electron chi connectivity index (χ3n) is 2.54. The zero-order chi connectivity index (χ0) is 12.6. The fourth-order valence-corrected chi connectivity index (χ4v) is 2.11. The van der Waals surface area contributed by atoms with Crippen LogP contribution < -0.4 is 0 Å². The van der Waals surface area contributed by atoms with Gasteiger partial charge < -0.3 is 4.57 Å². The van der Waals surface area contributed by atoms with E-state index in [4.69, 9.17) is 11.6 Å². The molecule has 0 bridgehead atoms. The summed E-state index contributed by atoms with van der Waals surface area (Å²) in [4.78, 5) is 4.37. The highest BCUT2D eigenvalue weighted by Gasteiger charge is 2.17. The van der Waals surface area contributed by atoms with Gasteiger partial charge in [0.25, 0.3) is 0 Å². The second-order valence-corrected chi connectivity index (χ2v) is 5.71. The second kappa shape index (κ2) is 4.30. The van der Waals surface area contributed by atoms with Crippen LogP contribution in [0.15, 0.2) is 18.2 Å². The Hall–Kier alpha value is -1.09. The Labute approximate surface area is 105 Å². The molecule has 0 aliphatic heterocycles. The molecule has 0 aliphatic rings. The summed E-state index contributed by atoms with van der Waals surface area (Å²) in [5, 5.41) is 0. The Kier molecular flexibility index (Phi) is 3.13. The van der Waals surface area contributed by atoms with Crippen molar-refractivity contribution in [2.75, 3.05) is 0 Å². The van der Waals surface area contributed by atoms with Gasteiger partial charge in [0.1, 0.15) is 11.6 Å². The Morgan fingerprint density at radius 3 is 2.65 bits per heavy atom. The normalized spacial score (nSPS) is 12.3. The van der Waals surface area contributed by atoms with Gasteiger partial charge in [-0.15, -0.1) is 11.6 Å². The van der Waals surface area contributed by atoms with Gasteiger partial charge in [0.05, 0.1) is 16.9 Å². The topological polar surface area (TPSA) is 17.8 Å². The standard InChI is InChI=1S/C13H16ClFN2/c1-13(2,3)8-17-11-5-4-9(15)6-10(11)16-12(17)7-14/h4-6H,7-8H2,1-3H3. The summed E-state index contributed by atoms with van der Waals surface area (Å²) in [6.45, 7) is 7.28. The first-order chi connectivity index (χ1) is 7.90. The minimum atomic E-state index is -0.265. The van der Waals surface area contributed by atoms with Crippen molar-refractivity contribution in [1.29, 1.82) is 0 Å². The van der Waals surface area contributed by atoms with E-state index in [0.29, 0.717) is 11.4 Å². The Bertz CT molecular complexity index is 540. The van der Waals surface area contributed by atoms with E-state index in [-0.39, 0.29) is 11.2 Å². The van der Waals surface area contributed by atoms with Crippen LogP contribution in [0, 0.1) is 11.2 Å². The Morgan fingerprint density at radius 1 is 1.35 bits per heavy atom. The van der Waals surface area contributed by atoms with E-state index in [1.165, 1.54) is 12.1 Å². The van der Waals surface area contributed by atoms with Gasteiger partial charge in [0.15, 0.2) is 0 Å². The number of alkyl halides is 1. The van der Waals surface area contributed by atoms with Crippen LogP contribution in [0.2, 0.25) is 0 Å². The van der Waals surface area contributed by atoms with Gasteiger partial charge in [-0.3, -0.25) is 0 Å². The number of nitrogens with zero attached hydrogens (tertiary/aromatic N) is 2. The summed E-state index contributed by atoms with van der Waals surface area (Å²) in [7, 11) is 0. The fraction of sp³-hybridized carbons (Fsp3) is 0.462. The van der Waals surface area contributed by atoms with Gasteiger partial charge in [0, 0.05) is 12.6 Å². The van der Waals surface area contributed by atoms with Gasteiger partial charge >= 0.3 is 0 Å². The van der Waals surface area contributed by atoms with Crippen molar-refractivity contribution in [2.24, 2.45) is 5.41 Å². The molecule has 0 aliphatic carbocycles. The molecule has 2 nitrogen and oxygen atoms in total. The van der Waals surface area contributed by atoms with Crippen molar-refractivity contribution in [3.63, 3.8) is 0 Å². The van der Waals surface area contributed by atoms with Gasteiger partial charge in [-0.05, 0) is 17.5 Å². The second-order valence-electron chi connectivity index (χ2n) is 5.44. The average Bonchev–Trinajstić information content (AvgIpc) is 2.53. The first-order valence-corrected chi connectivity index (χ1v) is 6.15. The molecular weight excluding hydrogens is 239 g/mol. The fourth-order valence-electron chi connectivity index (χ4n) is 1.91. The molecule has 1 aromatic heterocycles. The summed E-state index contributed by atoms with van der Waals surface area (Å²) >= 11 is 5.90. The van der Waals surface area contributed by atoms with Gasteiger partial charge in [-0.25, -0.2) is 9.37 Å². The molecule has 92 valence electrons. The van der Waals surface area contributed by atoms with Crippen LogP contribution in [0.3, 0.4) is 0 Å². The molecule has 1 heterocycles. The van der Waals surface area contributed by atoms with Crippen molar-refractivity contribution < 1.29 is 4.39 Å². The van der Waals surface area contributed by atoms with Crippen molar-refractivity contribution >= 4 is 22.6 Å². The van der Waals surface area contributed by atoms with Crippen LogP contribution in [-0.2, 0) is 12.4 Å². The summed E-state index contributed by atoms with van der Waals surface area (Å²) in [6.07, 6.45) is 0. The number of benzene rings is 1. The number of rotatable bonds is 2. The summed E-state index contributed by atoms with van der Waals surface area (Å²) < 4.78 is 15.2. The van der Waals surface area contributed by atoms with Gasteiger partial charge in [-0.2, -0.15) is 0 Å². The quantitative estimate of drug-likeness (QED) is 0.742. The zero-order valence-electron chi connectivity index (χ0n) is 10.3. The van der Waals surface area contributed by atoms with E-state index in [9.17, 15) is 4.39 Å². The maximum atomic E-state index is 13.1. The Balaban J connectivity index is 2.58. The van der Waals surface area contributed by atoms with E-state index in [2.05, 4.69) is 30.3 Å². The molecule has 1 aromatic carbocycles. The molecule has 0 spiro atoms. The van der Waals surface area contributed by atoms with Crippen LogP contribution in [0.5, 0.6) is 0 Å². The smallest absolute Gasteiger partial charge is 0.125 e. The first kappa shape index (κ1) is 12.4. The predicted octanol–water partition coefficient (Wildman–Crippen LogP) is 3.96. The molecule has 0 radical (unpaired) electrons. The SMILES string of the molecule is CC(C)(C)Cn1c(CCl)nc2cc(F)ccc21. The lowest BCUT2D eigenvalue weighted by atomic mass is 9.97. The number of halogens is 2. The van der Waals surface area contributed by atoms with E-state index >= 15 is 0 Å². The summed E-state index contributed by atoms with van der Waals surface area (Å²) in [5.41, 5.74) is 1.74. The third kappa shape index (κ3) is 2.60. The van der Waals surface area contributed by atoms with Gasteiger partial charge in [0.2, 0.25) is 0 Å².